The molecule has 16 heavy (non-hydrogen) atoms. The summed E-state index contributed by atoms with van der Waals surface area (Å²) >= 11 is 1.50. The van der Waals surface area contributed by atoms with Gasteiger partial charge in [0.25, 0.3) is 0 Å². The van der Waals surface area contributed by atoms with Gasteiger partial charge in [-0.25, -0.2) is 4.98 Å². The molecule has 0 radical (unpaired) electrons. The maximum atomic E-state index is 11.7. The number of nitrogens with zero attached hydrogens (tertiary/aromatic N) is 1. The molecular formula is C11H19N3OS. The molecule has 0 aliphatic heterocycles. The predicted molar refractivity (Wildman–Crippen MR) is 67.7 cm³/mol. The molecular weight excluding hydrogens is 222 g/mol. The highest BCUT2D eigenvalue weighted by Crippen LogP contribution is 2.22. The zero-order valence-corrected chi connectivity index (χ0v) is 11.0. The highest BCUT2D eigenvalue weighted by Gasteiger charge is 2.18. The molecule has 0 aliphatic carbocycles. The molecule has 0 saturated carbocycles. The van der Waals surface area contributed by atoms with Gasteiger partial charge in [0.1, 0.15) is 0 Å². The summed E-state index contributed by atoms with van der Waals surface area (Å²) in [5, 5.41) is 3.41. The van der Waals surface area contributed by atoms with Crippen molar-refractivity contribution in [3.63, 3.8) is 0 Å². The Bertz CT molecular complexity index is 373. The number of carbonyl (C=O) groups excluding carboxylic acids is 1. The van der Waals surface area contributed by atoms with Crippen molar-refractivity contribution in [2.45, 2.75) is 40.2 Å². The predicted octanol–water partition coefficient (Wildman–Crippen LogP) is 1.94. The van der Waals surface area contributed by atoms with E-state index in [0.717, 1.165) is 17.0 Å². The van der Waals surface area contributed by atoms with Crippen molar-refractivity contribution in [2.24, 2.45) is 11.7 Å². The Balaban J connectivity index is 2.70. The van der Waals surface area contributed by atoms with Crippen LogP contribution < -0.4 is 11.1 Å². The zero-order valence-electron chi connectivity index (χ0n) is 10.2. The summed E-state index contributed by atoms with van der Waals surface area (Å²) in [6.07, 6.45) is 0.883. The number of carbonyl (C=O) groups is 1. The molecule has 0 spiro atoms. The first kappa shape index (κ1) is 13.1. The molecule has 5 heteroatoms. The Morgan fingerprint density at radius 3 is 2.62 bits per heavy atom. The number of thiazole rings is 1. The molecule has 0 saturated heterocycles. The van der Waals surface area contributed by atoms with E-state index in [2.05, 4.69) is 10.3 Å². The van der Waals surface area contributed by atoms with Gasteiger partial charge in [0.2, 0.25) is 5.91 Å². The van der Waals surface area contributed by atoms with Crippen LogP contribution in [-0.4, -0.2) is 16.9 Å². The Morgan fingerprint density at radius 1 is 1.56 bits per heavy atom. The lowest BCUT2D eigenvalue weighted by atomic mass is 10.1. The normalized spacial score (nSPS) is 12.9. The van der Waals surface area contributed by atoms with Gasteiger partial charge in [-0.05, 0) is 19.3 Å². The van der Waals surface area contributed by atoms with E-state index in [0.29, 0.717) is 5.13 Å². The van der Waals surface area contributed by atoms with Crippen LogP contribution in [0.3, 0.4) is 0 Å². The van der Waals surface area contributed by atoms with Crippen LogP contribution in [0.2, 0.25) is 0 Å². The number of nitrogens with one attached hydrogen (secondary N) is 1. The molecule has 0 fully saturated rings. The summed E-state index contributed by atoms with van der Waals surface area (Å²) in [5.41, 5.74) is 6.79. The number of aromatic nitrogens is 1. The molecule has 0 aromatic carbocycles. The summed E-state index contributed by atoms with van der Waals surface area (Å²) in [7, 11) is 0. The van der Waals surface area contributed by atoms with E-state index < -0.39 is 6.04 Å². The number of hydrogen-bond acceptors (Lipinski definition) is 4. The van der Waals surface area contributed by atoms with Crippen molar-refractivity contribution in [2.75, 3.05) is 5.32 Å². The molecule has 4 nitrogen and oxygen atoms in total. The number of rotatable bonds is 4. The SMILES string of the molecule is CCc1nc(NC(=O)C(N)C(C)C)sc1C. The van der Waals surface area contributed by atoms with Gasteiger partial charge in [-0.3, -0.25) is 4.79 Å². The number of nitrogens with two attached hydrogens (primary N) is 1. The molecule has 0 aliphatic rings. The second-order valence-electron chi connectivity index (χ2n) is 4.13. The number of aryl methyl sites for hydroxylation is 2. The van der Waals surface area contributed by atoms with Gasteiger partial charge in [-0.15, -0.1) is 11.3 Å². The van der Waals surface area contributed by atoms with Gasteiger partial charge in [0.05, 0.1) is 11.7 Å². The smallest absolute Gasteiger partial charge is 0.243 e. The molecule has 1 atom stereocenters. The van der Waals surface area contributed by atoms with Gasteiger partial charge >= 0.3 is 0 Å². The van der Waals surface area contributed by atoms with E-state index in [4.69, 9.17) is 5.73 Å². The van der Waals surface area contributed by atoms with Crippen molar-refractivity contribution in [3.05, 3.63) is 10.6 Å². The van der Waals surface area contributed by atoms with Crippen LogP contribution in [0.4, 0.5) is 5.13 Å². The van der Waals surface area contributed by atoms with Crippen molar-refractivity contribution >= 4 is 22.4 Å². The van der Waals surface area contributed by atoms with Gasteiger partial charge in [0.15, 0.2) is 5.13 Å². The molecule has 1 rings (SSSR count). The van der Waals surface area contributed by atoms with Gasteiger partial charge in [-0.2, -0.15) is 0 Å². The van der Waals surface area contributed by atoms with Gasteiger partial charge in [0, 0.05) is 4.88 Å². The molecule has 1 aromatic heterocycles. The van der Waals surface area contributed by atoms with E-state index in [9.17, 15) is 4.79 Å². The molecule has 0 bridgehead atoms. The lowest BCUT2D eigenvalue weighted by Crippen LogP contribution is -2.39. The quantitative estimate of drug-likeness (QED) is 0.846. The molecule has 3 N–H and O–H groups in total. The van der Waals surface area contributed by atoms with Crippen molar-refractivity contribution in [1.82, 2.24) is 4.98 Å². The second-order valence-corrected chi connectivity index (χ2v) is 5.34. The highest BCUT2D eigenvalue weighted by molar-refractivity contribution is 7.15. The monoisotopic (exact) mass is 241 g/mol. The average molecular weight is 241 g/mol. The van der Waals surface area contributed by atoms with Crippen molar-refractivity contribution < 1.29 is 4.79 Å². The van der Waals surface area contributed by atoms with Crippen LogP contribution in [0.15, 0.2) is 0 Å². The molecule has 1 aromatic rings. The summed E-state index contributed by atoms with van der Waals surface area (Å²) in [6, 6.07) is -0.478. The summed E-state index contributed by atoms with van der Waals surface area (Å²) in [4.78, 5) is 17.2. The van der Waals surface area contributed by atoms with E-state index >= 15 is 0 Å². The fraction of sp³-hybridized carbons (Fsp3) is 0.636. The van der Waals surface area contributed by atoms with E-state index in [-0.39, 0.29) is 11.8 Å². The maximum absolute atomic E-state index is 11.7. The van der Waals surface area contributed by atoms with Crippen LogP contribution >= 0.6 is 11.3 Å². The Kier molecular flexibility index (Phi) is 4.44. The third-order valence-electron chi connectivity index (χ3n) is 2.48. The number of anilines is 1. The van der Waals surface area contributed by atoms with Crippen molar-refractivity contribution in [3.8, 4) is 0 Å². The first-order valence-electron chi connectivity index (χ1n) is 5.48. The van der Waals surface area contributed by atoms with Gasteiger partial charge in [-0.1, -0.05) is 20.8 Å². The highest BCUT2D eigenvalue weighted by atomic mass is 32.1. The minimum atomic E-state index is -0.478. The third kappa shape index (κ3) is 3.02. The fourth-order valence-corrected chi connectivity index (χ4v) is 2.21. The summed E-state index contributed by atoms with van der Waals surface area (Å²) in [6.45, 7) is 7.91. The van der Waals surface area contributed by atoms with Crippen molar-refractivity contribution in [1.29, 1.82) is 0 Å². The largest absolute Gasteiger partial charge is 0.320 e. The Hall–Kier alpha value is -0.940. The lowest BCUT2D eigenvalue weighted by Gasteiger charge is -2.13. The second kappa shape index (κ2) is 5.41. The maximum Gasteiger partial charge on any atom is 0.243 e. The minimum absolute atomic E-state index is 0.131. The lowest BCUT2D eigenvalue weighted by molar-refractivity contribution is -0.118. The summed E-state index contributed by atoms with van der Waals surface area (Å²) < 4.78 is 0. The zero-order chi connectivity index (χ0) is 12.3. The molecule has 1 heterocycles. The van der Waals surface area contributed by atoms with Crippen LogP contribution in [-0.2, 0) is 11.2 Å². The number of amides is 1. The van der Waals surface area contributed by atoms with Crippen LogP contribution in [0.5, 0.6) is 0 Å². The van der Waals surface area contributed by atoms with Crippen LogP contribution in [0, 0.1) is 12.8 Å². The Labute approximate surface area is 100 Å². The standard InChI is InChI=1S/C11H19N3OS/c1-5-8-7(4)16-11(13-8)14-10(15)9(12)6(2)3/h6,9H,5,12H2,1-4H3,(H,13,14,15). The van der Waals surface area contributed by atoms with E-state index in [1.165, 1.54) is 11.3 Å². The first-order valence-corrected chi connectivity index (χ1v) is 6.30. The molecule has 1 amide bonds. The average Bonchev–Trinajstić information content (AvgIpc) is 2.57. The van der Waals surface area contributed by atoms with Crippen LogP contribution in [0.25, 0.3) is 0 Å². The minimum Gasteiger partial charge on any atom is -0.320 e. The Morgan fingerprint density at radius 2 is 2.19 bits per heavy atom. The van der Waals surface area contributed by atoms with Gasteiger partial charge < -0.3 is 11.1 Å². The fourth-order valence-electron chi connectivity index (χ4n) is 1.30. The third-order valence-corrected chi connectivity index (χ3v) is 3.41. The van der Waals surface area contributed by atoms with E-state index in [1.54, 1.807) is 0 Å². The molecule has 1 unspecified atom stereocenters. The topological polar surface area (TPSA) is 68.0 Å². The number of hydrogen-bond donors (Lipinski definition) is 2. The first-order chi connectivity index (χ1) is 7.45. The van der Waals surface area contributed by atoms with Crippen LogP contribution in [0.1, 0.15) is 31.3 Å². The summed E-state index contributed by atoms with van der Waals surface area (Å²) in [5.74, 6) is -0.0295. The van der Waals surface area contributed by atoms with E-state index in [1.807, 2.05) is 27.7 Å². The molecule has 90 valence electrons.